The van der Waals surface area contributed by atoms with Crippen LogP contribution in [0.15, 0.2) is 12.1 Å². The fourth-order valence-corrected chi connectivity index (χ4v) is 3.42. The fourth-order valence-electron chi connectivity index (χ4n) is 3.18. The molecule has 116 valence electrons. The number of benzene rings is 1. The first-order valence-corrected chi connectivity index (χ1v) is 7.58. The van der Waals surface area contributed by atoms with Crippen LogP contribution in [0.3, 0.4) is 0 Å². The lowest BCUT2D eigenvalue weighted by Crippen LogP contribution is -2.46. The SMILES string of the molecule is Cc1cc([N+](=O)[O-])c(Cl)cc1NC1(CO)CCCC(C)C1. The van der Waals surface area contributed by atoms with Gasteiger partial charge in [-0.1, -0.05) is 31.4 Å². The van der Waals surface area contributed by atoms with E-state index in [1.54, 1.807) is 6.07 Å². The highest BCUT2D eigenvalue weighted by Crippen LogP contribution is 2.37. The van der Waals surface area contributed by atoms with Gasteiger partial charge in [0.25, 0.3) is 5.69 Å². The van der Waals surface area contributed by atoms with Crippen LogP contribution < -0.4 is 5.32 Å². The van der Waals surface area contributed by atoms with E-state index in [4.69, 9.17) is 11.6 Å². The molecule has 1 aliphatic rings. The summed E-state index contributed by atoms with van der Waals surface area (Å²) in [6.07, 6.45) is 4.01. The zero-order chi connectivity index (χ0) is 15.6. The Morgan fingerprint density at radius 2 is 2.29 bits per heavy atom. The van der Waals surface area contributed by atoms with Crippen LogP contribution in [0.5, 0.6) is 0 Å². The molecule has 2 N–H and O–H groups in total. The molecule has 5 nitrogen and oxygen atoms in total. The van der Waals surface area contributed by atoms with Gasteiger partial charge in [0, 0.05) is 11.8 Å². The molecular weight excluding hydrogens is 292 g/mol. The third-order valence-electron chi connectivity index (χ3n) is 4.28. The van der Waals surface area contributed by atoms with Gasteiger partial charge in [-0.3, -0.25) is 10.1 Å². The van der Waals surface area contributed by atoms with Crippen molar-refractivity contribution in [3.63, 3.8) is 0 Å². The summed E-state index contributed by atoms with van der Waals surface area (Å²) in [4.78, 5) is 10.4. The number of nitro benzene ring substituents is 1. The molecule has 2 unspecified atom stereocenters. The number of anilines is 1. The molecule has 1 aliphatic carbocycles. The molecular formula is C15H21ClN2O3. The molecule has 1 aromatic rings. The van der Waals surface area contributed by atoms with Crippen LogP contribution in [0.1, 0.15) is 38.2 Å². The number of hydrogen-bond donors (Lipinski definition) is 2. The number of aliphatic hydroxyl groups excluding tert-OH is 1. The molecule has 0 saturated heterocycles. The Balaban J connectivity index is 2.30. The number of nitro groups is 1. The second kappa shape index (κ2) is 6.20. The van der Waals surface area contributed by atoms with E-state index in [1.807, 2.05) is 6.92 Å². The second-order valence-corrected chi connectivity index (χ2v) is 6.55. The van der Waals surface area contributed by atoms with Crippen molar-refractivity contribution in [2.75, 3.05) is 11.9 Å². The van der Waals surface area contributed by atoms with Crippen molar-refractivity contribution >= 4 is 23.0 Å². The van der Waals surface area contributed by atoms with Crippen molar-refractivity contribution in [3.05, 3.63) is 32.8 Å². The minimum atomic E-state index is -0.483. The number of hydrogen-bond acceptors (Lipinski definition) is 4. The van der Waals surface area contributed by atoms with E-state index < -0.39 is 4.92 Å². The zero-order valence-electron chi connectivity index (χ0n) is 12.4. The van der Waals surface area contributed by atoms with E-state index in [1.165, 1.54) is 12.5 Å². The number of aliphatic hydroxyl groups is 1. The zero-order valence-corrected chi connectivity index (χ0v) is 13.1. The summed E-state index contributed by atoms with van der Waals surface area (Å²) in [6, 6.07) is 3.06. The van der Waals surface area contributed by atoms with Crippen molar-refractivity contribution in [3.8, 4) is 0 Å². The number of aryl methyl sites for hydroxylation is 1. The molecule has 1 saturated carbocycles. The highest BCUT2D eigenvalue weighted by atomic mass is 35.5. The van der Waals surface area contributed by atoms with Crippen LogP contribution >= 0.6 is 11.6 Å². The lowest BCUT2D eigenvalue weighted by atomic mass is 9.76. The first kappa shape index (κ1) is 16.0. The van der Waals surface area contributed by atoms with Crippen molar-refractivity contribution < 1.29 is 10.0 Å². The smallest absolute Gasteiger partial charge is 0.288 e. The third-order valence-corrected chi connectivity index (χ3v) is 4.59. The first-order valence-electron chi connectivity index (χ1n) is 7.20. The summed E-state index contributed by atoms with van der Waals surface area (Å²) in [6.45, 7) is 4.04. The monoisotopic (exact) mass is 312 g/mol. The number of nitrogens with zero attached hydrogens (tertiary/aromatic N) is 1. The number of rotatable bonds is 4. The van der Waals surface area contributed by atoms with E-state index in [2.05, 4.69) is 12.2 Å². The van der Waals surface area contributed by atoms with E-state index in [9.17, 15) is 15.2 Å². The first-order chi connectivity index (χ1) is 9.87. The normalized spacial score (nSPS) is 25.6. The third kappa shape index (κ3) is 3.47. The molecule has 0 aliphatic heterocycles. The standard InChI is InChI=1S/C15H21ClN2O3/c1-10-4-3-5-15(8-10,9-19)17-13-7-12(16)14(18(20)21)6-11(13)2/h6-7,10,17,19H,3-5,8-9H2,1-2H3. The molecule has 1 aromatic carbocycles. The predicted molar refractivity (Wildman–Crippen MR) is 83.9 cm³/mol. The van der Waals surface area contributed by atoms with Crippen molar-refractivity contribution in [2.45, 2.75) is 45.1 Å². The predicted octanol–water partition coefficient (Wildman–Crippen LogP) is 3.91. The summed E-state index contributed by atoms with van der Waals surface area (Å²) in [5.41, 5.74) is 1.07. The van der Waals surface area contributed by atoms with Gasteiger partial charge >= 0.3 is 0 Å². The van der Waals surface area contributed by atoms with Crippen LogP contribution in [0.25, 0.3) is 0 Å². The molecule has 0 radical (unpaired) electrons. The van der Waals surface area contributed by atoms with E-state index in [0.29, 0.717) is 5.92 Å². The van der Waals surface area contributed by atoms with Gasteiger partial charge in [0.05, 0.1) is 17.1 Å². The van der Waals surface area contributed by atoms with Gasteiger partial charge in [0.1, 0.15) is 5.02 Å². The van der Waals surface area contributed by atoms with Gasteiger partial charge < -0.3 is 10.4 Å². The van der Waals surface area contributed by atoms with Gasteiger partial charge in [-0.05, 0) is 37.3 Å². The topological polar surface area (TPSA) is 75.4 Å². The van der Waals surface area contributed by atoms with Crippen molar-refractivity contribution in [1.29, 1.82) is 0 Å². The molecule has 0 heterocycles. The summed E-state index contributed by atoms with van der Waals surface area (Å²) in [5.74, 6) is 0.548. The van der Waals surface area contributed by atoms with Crippen LogP contribution in [0.4, 0.5) is 11.4 Å². The Hall–Kier alpha value is -1.33. The summed E-state index contributed by atoms with van der Waals surface area (Å²) >= 11 is 5.99. The maximum atomic E-state index is 10.9. The van der Waals surface area contributed by atoms with E-state index in [-0.39, 0.29) is 22.9 Å². The quantitative estimate of drug-likeness (QED) is 0.653. The maximum absolute atomic E-state index is 10.9. The van der Waals surface area contributed by atoms with Crippen LogP contribution in [-0.2, 0) is 0 Å². The van der Waals surface area contributed by atoms with Gasteiger partial charge in [0.15, 0.2) is 0 Å². The molecule has 2 rings (SSSR count). The average molecular weight is 313 g/mol. The summed E-state index contributed by atoms with van der Waals surface area (Å²) in [7, 11) is 0. The fraction of sp³-hybridized carbons (Fsp3) is 0.600. The Morgan fingerprint density at radius 1 is 1.57 bits per heavy atom. The molecule has 0 bridgehead atoms. The van der Waals surface area contributed by atoms with Crippen LogP contribution in [0.2, 0.25) is 5.02 Å². The summed E-state index contributed by atoms with van der Waals surface area (Å²) < 4.78 is 0. The highest BCUT2D eigenvalue weighted by molar-refractivity contribution is 6.33. The highest BCUT2D eigenvalue weighted by Gasteiger charge is 2.35. The minimum Gasteiger partial charge on any atom is -0.394 e. The average Bonchev–Trinajstić information content (AvgIpc) is 2.42. The molecule has 0 spiro atoms. The van der Waals surface area contributed by atoms with Crippen LogP contribution in [-0.4, -0.2) is 22.2 Å². The minimum absolute atomic E-state index is 0.0470. The lowest BCUT2D eigenvalue weighted by molar-refractivity contribution is -0.384. The van der Waals surface area contributed by atoms with Crippen LogP contribution in [0, 0.1) is 23.0 Å². The maximum Gasteiger partial charge on any atom is 0.288 e. The molecule has 0 aromatic heterocycles. The van der Waals surface area contributed by atoms with Gasteiger partial charge in [-0.15, -0.1) is 0 Å². The molecule has 21 heavy (non-hydrogen) atoms. The number of halogens is 1. The molecule has 6 heteroatoms. The lowest BCUT2D eigenvalue weighted by Gasteiger charge is -2.40. The molecule has 2 atom stereocenters. The largest absolute Gasteiger partial charge is 0.394 e. The summed E-state index contributed by atoms with van der Waals surface area (Å²) in [5, 5.41) is 24.2. The van der Waals surface area contributed by atoms with Crippen molar-refractivity contribution in [2.24, 2.45) is 5.92 Å². The van der Waals surface area contributed by atoms with E-state index >= 15 is 0 Å². The Labute approximate surface area is 129 Å². The Morgan fingerprint density at radius 3 is 2.86 bits per heavy atom. The van der Waals surface area contributed by atoms with Gasteiger partial charge in [-0.2, -0.15) is 0 Å². The molecule has 1 fully saturated rings. The van der Waals surface area contributed by atoms with E-state index in [0.717, 1.165) is 30.5 Å². The Bertz CT molecular complexity index is 550. The second-order valence-electron chi connectivity index (χ2n) is 6.14. The number of nitrogens with one attached hydrogen (secondary N) is 1. The van der Waals surface area contributed by atoms with Gasteiger partial charge in [0.2, 0.25) is 0 Å². The Kier molecular flexibility index (Phi) is 4.74. The molecule has 0 amide bonds. The van der Waals surface area contributed by atoms with Gasteiger partial charge in [-0.25, -0.2) is 0 Å². The van der Waals surface area contributed by atoms with Crippen molar-refractivity contribution in [1.82, 2.24) is 0 Å².